The molecule has 0 unspecified atom stereocenters. The first kappa shape index (κ1) is 18.8. The van der Waals surface area contributed by atoms with Crippen molar-refractivity contribution in [3.05, 3.63) is 0 Å². The topological polar surface area (TPSA) is 43.0 Å². The second-order valence-corrected chi connectivity index (χ2v) is 5.71. The maximum atomic E-state index is 5.60. The summed E-state index contributed by atoms with van der Waals surface area (Å²) in [4.78, 5) is 2.52. The van der Waals surface area contributed by atoms with E-state index in [0.717, 1.165) is 25.6 Å². The lowest BCUT2D eigenvalue weighted by Crippen LogP contribution is -2.39. The van der Waals surface area contributed by atoms with Crippen molar-refractivity contribution in [3.8, 4) is 0 Å². The van der Waals surface area contributed by atoms with Gasteiger partial charge in [0.15, 0.2) is 0 Å². The highest BCUT2D eigenvalue weighted by Gasteiger charge is 2.18. The lowest BCUT2D eigenvalue weighted by atomic mass is 9.97. The van der Waals surface area contributed by atoms with Crippen molar-refractivity contribution in [2.45, 2.75) is 26.2 Å². The molecule has 1 fully saturated rings. The molecule has 1 aliphatic rings. The molecule has 1 heterocycles. The molecule has 0 aromatic carbocycles. The minimum atomic E-state index is 0.652. The van der Waals surface area contributed by atoms with Gasteiger partial charge in [0.2, 0.25) is 0 Å². The Morgan fingerprint density at radius 3 is 2.33 bits per heavy atom. The number of methoxy groups -OCH3 is 1. The molecule has 0 spiro atoms. The fourth-order valence-corrected chi connectivity index (χ4v) is 2.56. The number of nitrogens with one attached hydrogen (secondary N) is 1. The first-order chi connectivity index (χ1) is 10.4. The van der Waals surface area contributed by atoms with Gasteiger partial charge in [0.1, 0.15) is 0 Å². The second kappa shape index (κ2) is 13.5. The Labute approximate surface area is 130 Å². The van der Waals surface area contributed by atoms with Crippen LogP contribution >= 0.6 is 0 Å². The fraction of sp³-hybridized carbons (Fsp3) is 1.00. The van der Waals surface area contributed by atoms with E-state index in [2.05, 4.69) is 17.1 Å². The van der Waals surface area contributed by atoms with Gasteiger partial charge in [0, 0.05) is 13.7 Å². The van der Waals surface area contributed by atoms with Crippen LogP contribution in [0.5, 0.6) is 0 Å². The molecule has 1 aliphatic heterocycles. The van der Waals surface area contributed by atoms with Crippen molar-refractivity contribution < 1.29 is 14.2 Å². The van der Waals surface area contributed by atoms with Crippen LogP contribution in [-0.2, 0) is 14.2 Å². The van der Waals surface area contributed by atoms with Crippen molar-refractivity contribution >= 4 is 0 Å². The van der Waals surface area contributed by atoms with E-state index in [1.165, 1.54) is 38.9 Å². The number of hydrogen-bond acceptors (Lipinski definition) is 5. The first-order valence-corrected chi connectivity index (χ1v) is 8.44. The summed E-state index contributed by atoms with van der Waals surface area (Å²) in [5.41, 5.74) is 0. The molecule has 1 rings (SSSR count). The average Bonchev–Trinajstić information content (AvgIpc) is 2.52. The highest BCUT2D eigenvalue weighted by Crippen LogP contribution is 2.15. The molecule has 1 N–H and O–H groups in total. The summed E-state index contributed by atoms with van der Waals surface area (Å²) in [5, 5.41) is 3.53. The zero-order chi connectivity index (χ0) is 15.2. The molecule has 0 aliphatic carbocycles. The molecule has 1 saturated heterocycles. The van der Waals surface area contributed by atoms with Crippen LogP contribution in [0.1, 0.15) is 26.2 Å². The van der Waals surface area contributed by atoms with Crippen molar-refractivity contribution in [2.24, 2.45) is 5.92 Å². The summed E-state index contributed by atoms with van der Waals surface area (Å²) in [6.07, 6.45) is 3.86. The summed E-state index contributed by atoms with van der Waals surface area (Å²) < 4.78 is 15.9. The largest absolute Gasteiger partial charge is 0.382 e. The van der Waals surface area contributed by atoms with Gasteiger partial charge in [0.25, 0.3) is 0 Å². The Morgan fingerprint density at radius 2 is 1.67 bits per heavy atom. The van der Waals surface area contributed by atoms with Crippen molar-refractivity contribution in [1.82, 2.24) is 10.2 Å². The molecule has 126 valence electrons. The third-order valence-corrected chi connectivity index (χ3v) is 3.92. The maximum absolute atomic E-state index is 5.60. The van der Waals surface area contributed by atoms with Gasteiger partial charge in [-0.05, 0) is 51.4 Å². The maximum Gasteiger partial charge on any atom is 0.0701 e. The van der Waals surface area contributed by atoms with Gasteiger partial charge in [-0.2, -0.15) is 0 Å². The number of likely N-dealkylation sites (tertiary alicyclic amines) is 1. The molecule has 0 radical (unpaired) electrons. The van der Waals surface area contributed by atoms with Crippen molar-refractivity contribution in [3.63, 3.8) is 0 Å². The summed E-state index contributed by atoms with van der Waals surface area (Å²) >= 11 is 0. The molecule has 5 nitrogen and oxygen atoms in total. The van der Waals surface area contributed by atoms with Crippen LogP contribution in [0, 0.1) is 5.92 Å². The van der Waals surface area contributed by atoms with Gasteiger partial charge in [-0.3, -0.25) is 0 Å². The average molecular weight is 302 g/mol. The zero-order valence-corrected chi connectivity index (χ0v) is 13.9. The predicted octanol–water partition coefficient (Wildman–Crippen LogP) is 1.38. The molecule has 0 saturated carbocycles. The quantitative estimate of drug-likeness (QED) is 0.521. The van der Waals surface area contributed by atoms with Crippen LogP contribution in [0.15, 0.2) is 0 Å². The van der Waals surface area contributed by atoms with Gasteiger partial charge in [-0.1, -0.05) is 6.92 Å². The van der Waals surface area contributed by atoms with Crippen LogP contribution in [-0.4, -0.2) is 77.8 Å². The van der Waals surface area contributed by atoms with Crippen molar-refractivity contribution in [1.29, 1.82) is 0 Å². The Morgan fingerprint density at radius 1 is 1.00 bits per heavy atom. The molecule has 0 amide bonds. The van der Waals surface area contributed by atoms with E-state index < -0.39 is 0 Å². The third kappa shape index (κ3) is 10.2. The predicted molar refractivity (Wildman–Crippen MR) is 85.8 cm³/mol. The van der Waals surface area contributed by atoms with Gasteiger partial charge in [-0.15, -0.1) is 0 Å². The second-order valence-electron chi connectivity index (χ2n) is 5.71. The summed E-state index contributed by atoms with van der Waals surface area (Å²) in [6, 6.07) is 0. The highest BCUT2D eigenvalue weighted by atomic mass is 16.5. The van der Waals surface area contributed by atoms with E-state index in [-0.39, 0.29) is 0 Å². The van der Waals surface area contributed by atoms with Crippen LogP contribution < -0.4 is 5.32 Å². The number of piperidine rings is 1. The number of rotatable bonds is 13. The Bertz CT molecular complexity index is 222. The van der Waals surface area contributed by atoms with E-state index in [4.69, 9.17) is 14.2 Å². The van der Waals surface area contributed by atoms with Gasteiger partial charge in [0.05, 0.1) is 33.0 Å². The molecule has 0 atom stereocenters. The molecular weight excluding hydrogens is 268 g/mol. The Kier molecular flexibility index (Phi) is 12.1. The number of nitrogens with zero attached hydrogens (tertiary/aromatic N) is 1. The lowest BCUT2D eigenvalue weighted by Gasteiger charge is -2.31. The van der Waals surface area contributed by atoms with E-state index in [1.807, 2.05) is 0 Å². The van der Waals surface area contributed by atoms with Crippen LogP contribution in [0.25, 0.3) is 0 Å². The van der Waals surface area contributed by atoms with Gasteiger partial charge >= 0.3 is 0 Å². The molecule has 0 bridgehead atoms. The van der Waals surface area contributed by atoms with Gasteiger partial charge in [-0.25, -0.2) is 0 Å². The van der Waals surface area contributed by atoms with E-state index in [9.17, 15) is 0 Å². The normalized spacial score (nSPS) is 17.4. The minimum absolute atomic E-state index is 0.652. The van der Waals surface area contributed by atoms with Gasteiger partial charge < -0.3 is 24.4 Å². The fourth-order valence-electron chi connectivity index (χ4n) is 2.56. The summed E-state index contributed by atoms with van der Waals surface area (Å²) in [5.74, 6) is 0.864. The number of hydrogen-bond donors (Lipinski definition) is 1. The molecular formula is C16H34N2O3. The monoisotopic (exact) mass is 302 g/mol. The third-order valence-electron chi connectivity index (χ3n) is 3.92. The van der Waals surface area contributed by atoms with Crippen molar-refractivity contribution in [2.75, 3.05) is 72.9 Å². The SMILES string of the molecule is CCCNCC1CCN(CCOCCOCCOC)CC1. The highest BCUT2D eigenvalue weighted by molar-refractivity contribution is 4.73. The van der Waals surface area contributed by atoms with Crippen LogP contribution in [0.2, 0.25) is 0 Å². The number of ether oxygens (including phenoxy) is 3. The molecule has 5 heteroatoms. The molecule has 0 aromatic heterocycles. The Hall–Kier alpha value is -0.200. The lowest BCUT2D eigenvalue weighted by molar-refractivity contribution is 0.0173. The summed E-state index contributed by atoms with van der Waals surface area (Å²) in [7, 11) is 1.68. The summed E-state index contributed by atoms with van der Waals surface area (Å²) in [6.45, 7) is 11.5. The molecule has 21 heavy (non-hydrogen) atoms. The minimum Gasteiger partial charge on any atom is -0.382 e. The van der Waals surface area contributed by atoms with E-state index in [0.29, 0.717) is 26.4 Å². The standard InChI is InChI=1S/C16H34N2O3/c1-3-6-17-15-16-4-7-18(8-5-16)9-10-20-13-14-21-12-11-19-2/h16-17H,3-15H2,1-2H3. The van der Waals surface area contributed by atoms with E-state index in [1.54, 1.807) is 7.11 Å². The van der Waals surface area contributed by atoms with Crippen LogP contribution in [0.3, 0.4) is 0 Å². The zero-order valence-electron chi connectivity index (χ0n) is 13.9. The van der Waals surface area contributed by atoms with Crippen LogP contribution in [0.4, 0.5) is 0 Å². The molecule has 0 aromatic rings. The smallest absolute Gasteiger partial charge is 0.0701 e. The first-order valence-electron chi connectivity index (χ1n) is 8.44. The Balaban J connectivity index is 1.87. The van der Waals surface area contributed by atoms with E-state index >= 15 is 0 Å².